The Balaban J connectivity index is 2.11. The van der Waals surface area contributed by atoms with E-state index in [1.165, 1.54) is 0 Å². The second-order valence-corrected chi connectivity index (χ2v) is 5.30. The Morgan fingerprint density at radius 1 is 1.25 bits per heavy atom. The van der Waals surface area contributed by atoms with Gasteiger partial charge in [-0.15, -0.1) is 0 Å². The van der Waals surface area contributed by atoms with Crippen molar-refractivity contribution in [3.05, 3.63) is 22.7 Å². The average molecular weight is 299 g/mol. The van der Waals surface area contributed by atoms with Gasteiger partial charge in [0.2, 0.25) is 0 Å². The molecule has 0 radical (unpaired) electrons. The van der Waals surface area contributed by atoms with Gasteiger partial charge in [0, 0.05) is 0 Å². The van der Waals surface area contributed by atoms with Crippen LogP contribution in [0.3, 0.4) is 0 Å². The van der Waals surface area contributed by atoms with Gasteiger partial charge in [0.1, 0.15) is 0 Å². The summed E-state index contributed by atoms with van der Waals surface area (Å²) in [6.45, 7) is 4.18. The van der Waals surface area contributed by atoms with Crippen LogP contribution < -0.4 is 14.4 Å². The molecule has 0 spiro atoms. The van der Waals surface area contributed by atoms with E-state index in [1.54, 1.807) is 19.1 Å². The van der Waals surface area contributed by atoms with E-state index in [4.69, 9.17) is 21.1 Å². The van der Waals surface area contributed by atoms with Gasteiger partial charge >= 0.3 is 0 Å². The van der Waals surface area contributed by atoms with Crippen LogP contribution in [0.1, 0.15) is 5.56 Å². The molecule has 1 N–H and O–H groups in total. The number of hydrogen-bond acceptors (Lipinski definition) is 4. The van der Waals surface area contributed by atoms with Crippen molar-refractivity contribution in [1.82, 2.24) is 5.01 Å². The number of likely N-dealkylation sites (N-methyl/N-ethyl adjacent to an activating group) is 1. The van der Waals surface area contributed by atoms with Crippen molar-refractivity contribution in [2.45, 2.75) is 0 Å². The number of halogens is 1. The fraction of sp³-hybridized carbons (Fsp3) is 0.500. The third kappa shape index (κ3) is 3.55. The topological polar surface area (TPSA) is 38.5 Å². The Morgan fingerprint density at radius 3 is 2.55 bits per heavy atom. The lowest BCUT2D eigenvalue weighted by molar-refractivity contribution is -0.884. The second kappa shape index (κ2) is 6.81. The molecular weight excluding hydrogens is 278 g/mol. The van der Waals surface area contributed by atoms with Crippen molar-refractivity contribution < 1.29 is 14.4 Å². The lowest BCUT2D eigenvalue weighted by Gasteiger charge is -2.27. The van der Waals surface area contributed by atoms with Crippen molar-refractivity contribution >= 4 is 17.8 Å². The van der Waals surface area contributed by atoms with Crippen LogP contribution in [0.4, 0.5) is 0 Å². The molecule has 0 aliphatic carbocycles. The molecule has 20 heavy (non-hydrogen) atoms. The molecule has 0 atom stereocenters. The molecule has 6 heteroatoms. The molecule has 1 saturated heterocycles. The molecule has 0 amide bonds. The van der Waals surface area contributed by atoms with E-state index in [2.05, 4.69) is 17.2 Å². The molecule has 0 bridgehead atoms. The number of hydrazone groups is 1. The Labute approximate surface area is 124 Å². The number of rotatable bonds is 4. The number of hydrogen-bond donors (Lipinski definition) is 1. The molecule has 1 aromatic carbocycles. The Morgan fingerprint density at radius 2 is 1.95 bits per heavy atom. The monoisotopic (exact) mass is 298 g/mol. The smallest absolute Gasteiger partial charge is 0.179 e. The van der Waals surface area contributed by atoms with Gasteiger partial charge in [-0.3, -0.25) is 5.01 Å². The molecule has 110 valence electrons. The Kier molecular flexibility index (Phi) is 5.09. The summed E-state index contributed by atoms with van der Waals surface area (Å²) in [5, 5.41) is 7.11. The van der Waals surface area contributed by atoms with Crippen molar-refractivity contribution in [1.29, 1.82) is 0 Å². The van der Waals surface area contributed by atoms with Gasteiger partial charge in [0.05, 0.1) is 58.7 Å². The number of quaternary nitrogens is 1. The molecular formula is C14H21ClN3O2+. The van der Waals surface area contributed by atoms with Crippen molar-refractivity contribution in [2.75, 3.05) is 47.4 Å². The summed E-state index contributed by atoms with van der Waals surface area (Å²) in [5.74, 6) is 1.17. The molecule has 1 aliphatic rings. The number of nitrogens with zero attached hydrogens (tertiary/aromatic N) is 2. The highest BCUT2D eigenvalue weighted by Crippen LogP contribution is 2.35. The first-order valence-corrected chi connectivity index (χ1v) is 7.03. The summed E-state index contributed by atoms with van der Waals surface area (Å²) in [6, 6.07) is 3.70. The van der Waals surface area contributed by atoms with Crippen LogP contribution in [0.2, 0.25) is 5.02 Å². The molecule has 1 aliphatic heterocycles. The standard InChI is InChI=1S/C14H20ClN3O2/c1-17-4-6-18(7-5-17)16-10-11-8-12(15)14(20-3)13(9-11)19-2/h8-10H,4-7H2,1-3H3/p+1/b16-10-. The van der Waals surface area contributed by atoms with Crippen molar-refractivity contribution in [3.8, 4) is 11.5 Å². The Bertz CT molecular complexity index is 486. The minimum absolute atomic E-state index is 0.524. The van der Waals surface area contributed by atoms with E-state index in [0.717, 1.165) is 31.7 Å². The van der Waals surface area contributed by atoms with E-state index in [0.29, 0.717) is 16.5 Å². The van der Waals surface area contributed by atoms with Gasteiger partial charge in [-0.05, 0) is 17.7 Å². The van der Waals surface area contributed by atoms with Gasteiger partial charge in [-0.2, -0.15) is 5.10 Å². The SMILES string of the molecule is COc1cc(/C=N\N2CC[NH+](C)CC2)cc(Cl)c1OC. The number of piperazine rings is 1. The lowest BCUT2D eigenvalue weighted by atomic mass is 10.2. The van der Waals surface area contributed by atoms with Crippen molar-refractivity contribution in [3.63, 3.8) is 0 Å². The van der Waals surface area contributed by atoms with E-state index >= 15 is 0 Å². The highest BCUT2D eigenvalue weighted by Gasteiger charge is 2.14. The van der Waals surface area contributed by atoms with Crippen LogP contribution in [-0.2, 0) is 0 Å². The van der Waals surface area contributed by atoms with Crippen molar-refractivity contribution in [2.24, 2.45) is 5.10 Å². The fourth-order valence-electron chi connectivity index (χ4n) is 2.15. The molecule has 1 heterocycles. The summed E-state index contributed by atoms with van der Waals surface area (Å²) in [6.07, 6.45) is 1.81. The lowest BCUT2D eigenvalue weighted by Crippen LogP contribution is -3.11. The molecule has 1 aromatic rings. The van der Waals surface area contributed by atoms with E-state index < -0.39 is 0 Å². The normalized spacial score (nSPS) is 16.7. The number of methoxy groups -OCH3 is 2. The summed E-state index contributed by atoms with van der Waals surface area (Å²) in [7, 11) is 5.37. The van der Waals surface area contributed by atoms with Crippen LogP contribution in [0.5, 0.6) is 11.5 Å². The predicted molar refractivity (Wildman–Crippen MR) is 80.3 cm³/mol. The van der Waals surface area contributed by atoms with Crippen LogP contribution in [-0.4, -0.2) is 58.7 Å². The quantitative estimate of drug-likeness (QED) is 0.824. The molecule has 5 nitrogen and oxygen atoms in total. The van der Waals surface area contributed by atoms with Gasteiger partial charge in [-0.1, -0.05) is 11.6 Å². The summed E-state index contributed by atoms with van der Waals surface area (Å²) in [4.78, 5) is 1.55. The zero-order chi connectivity index (χ0) is 14.5. The molecule has 1 fully saturated rings. The average Bonchev–Trinajstić information content (AvgIpc) is 2.46. The van der Waals surface area contributed by atoms with E-state index in [-0.39, 0.29) is 0 Å². The predicted octanol–water partition coefficient (Wildman–Crippen LogP) is 0.521. The zero-order valence-electron chi connectivity index (χ0n) is 12.1. The first-order valence-electron chi connectivity index (χ1n) is 6.65. The second-order valence-electron chi connectivity index (χ2n) is 4.89. The van der Waals surface area contributed by atoms with Gasteiger partial charge in [0.15, 0.2) is 11.5 Å². The fourth-order valence-corrected chi connectivity index (χ4v) is 2.45. The highest BCUT2D eigenvalue weighted by atomic mass is 35.5. The first-order chi connectivity index (χ1) is 9.63. The van der Waals surface area contributed by atoms with Gasteiger partial charge in [0.25, 0.3) is 0 Å². The number of nitrogens with one attached hydrogen (secondary N) is 1. The summed E-state index contributed by atoms with van der Waals surface area (Å²) >= 11 is 6.17. The number of benzene rings is 1. The molecule has 2 rings (SSSR count). The van der Waals surface area contributed by atoms with Crippen LogP contribution >= 0.6 is 11.6 Å². The Hall–Kier alpha value is -1.46. The first kappa shape index (κ1) is 14.9. The van der Waals surface area contributed by atoms with Crippen LogP contribution in [0, 0.1) is 0 Å². The maximum Gasteiger partial charge on any atom is 0.179 e. The van der Waals surface area contributed by atoms with Gasteiger partial charge in [-0.25, -0.2) is 0 Å². The summed E-state index contributed by atoms with van der Waals surface area (Å²) in [5.41, 5.74) is 0.902. The van der Waals surface area contributed by atoms with Crippen LogP contribution in [0.25, 0.3) is 0 Å². The zero-order valence-corrected chi connectivity index (χ0v) is 12.9. The third-order valence-corrected chi connectivity index (χ3v) is 3.70. The third-order valence-electron chi connectivity index (χ3n) is 3.42. The molecule has 0 unspecified atom stereocenters. The minimum Gasteiger partial charge on any atom is -0.493 e. The maximum absolute atomic E-state index is 6.17. The van der Waals surface area contributed by atoms with Gasteiger partial charge < -0.3 is 14.4 Å². The molecule has 0 aromatic heterocycles. The highest BCUT2D eigenvalue weighted by molar-refractivity contribution is 6.32. The van der Waals surface area contributed by atoms with E-state index in [9.17, 15) is 0 Å². The molecule has 0 saturated carbocycles. The van der Waals surface area contributed by atoms with Crippen LogP contribution in [0.15, 0.2) is 17.2 Å². The van der Waals surface area contributed by atoms with E-state index in [1.807, 2.05) is 18.3 Å². The maximum atomic E-state index is 6.17. The largest absolute Gasteiger partial charge is 0.493 e. The summed E-state index contributed by atoms with van der Waals surface area (Å²) < 4.78 is 10.5. The minimum atomic E-state index is 0.524. The number of ether oxygens (including phenoxy) is 2.